The van der Waals surface area contributed by atoms with Crippen LogP contribution in [0.3, 0.4) is 0 Å². The Hall–Kier alpha value is 0.340. The Balaban J connectivity index is 2.09. The van der Waals surface area contributed by atoms with Crippen molar-refractivity contribution in [3.8, 4) is 0 Å². The van der Waals surface area contributed by atoms with Gasteiger partial charge in [-0.2, -0.15) is 4.31 Å². The van der Waals surface area contributed by atoms with E-state index in [-0.39, 0.29) is 0 Å². The first-order valence-corrected chi connectivity index (χ1v) is 9.75. The van der Waals surface area contributed by atoms with Crippen LogP contribution in [0.15, 0.2) is 10.3 Å². The van der Waals surface area contributed by atoms with Gasteiger partial charge in [0.2, 0.25) is 0 Å². The van der Waals surface area contributed by atoms with Gasteiger partial charge in [0.25, 0.3) is 10.0 Å². The van der Waals surface area contributed by atoms with Gasteiger partial charge in [0.05, 0.1) is 4.34 Å². The Labute approximate surface area is 131 Å². The highest BCUT2D eigenvalue weighted by molar-refractivity contribution is 9.09. The molecular weight excluding hydrogens is 372 g/mol. The summed E-state index contributed by atoms with van der Waals surface area (Å²) < 4.78 is 27.4. The molecule has 4 nitrogen and oxygen atoms in total. The first kappa shape index (κ1) is 15.7. The van der Waals surface area contributed by atoms with E-state index in [1.807, 2.05) is 6.92 Å². The summed E-state index contributed by atoms with van der Waals surface area (Å²) in [5.41, 5.74) is 0.822. The summed E-state index contributed by atoms with van der Waals surface area (Å²) in [5, 5.41) is 0.916. The van der Waals surface area contributed by atoms with Crippen molar-refractivity contribution in [2.75, 3.05) is 38.1 Å². The molecule has 2 heterocycles. The number of rotatable bonds is 4. The summed E-state index contributed by atoms with van der Waals surface area (Å²) in [7, 11) is -3.37. The Morgan fingerprint density at radius 3 is 2.47 bits per heavy atom. The minimum absolute atomic E-state index is 0.351. The third kappa shape index (κ3) is 3.51. The average Bonchev–Trinajstić information content (AvgIpc) is 2.71. The molecule has 0 saturated carbocycles. The van der Waals surface area contributed by atoms with Crippen molar-refractivity contribution in [2.45, 2.75) is 11.1 Å². The van der Waals surface area contributed by atoms with Crippen molar-refractivity contribution >= 4 is 48.9 Å². The van der Waals surface area contributed by atoms with Gasteiger partial charge in [-0.15, -0.1) is 11.3 Å². The van der Waals surface area contributed by atoms with Crippen LogP contribution in [0.1, 0.15) is 5.56 Å². The van der Waals surface area contributed by atoms with Gasteiger partial charge in [-0.05, 0) is 18.6 Å². The van der Waals surface area contributed by atoms with Gasteiger partial charge < -0.3 is 0 Å². The molecule has 0 atom stereocenters. The molecule has 1 aliphatic heterocycles. The van der Waals surface area contributed by atoms with Gasteiger partial charge in [0.15, 0.2) is 0 Å². The van der Waals surface area contributed by atoms with Crippen molar-refractivity contribution in [1.29, 1.82) is 0 Å². The molecule has 1 aromatic heterocycles. The van der Waals surface area contributed by atoms with Crippen molar-refractivity contribution in [2.24, 2.45) is 0 Å². The quantitative estimate of drug-likeness (QED) is 0.745. The molecule has 0 unspecified atom stereocenters. The van der Waals surface area contributed by atoms with E-state index in [9.17, 15) is 8.42 Å². The van der Waals surface area contributed by atoms with Gasteiger partial charge in [-0.25, -0.2) is 8.42 Å². The molecule has 108 valence electrons. The van der Waals surface area contributed by atoms with Crippen LogP contribution in [-0.2, 0) is 10.0 Å². The first-order chi connectivity index (χ1) is 8.95. The fraction of sp³-hybridized carbons (Fsp3) is 0.636. The number of piperazine rings is 1. The van der Waals surface area contributed by atoms with Gasteiger partial charge in [0, 0.05) is 38.1 Å². The maximum absolute atomic E-state index is 12.5. The van der Waals surface area contributed by atoms with Crippen LogP contribution in [0.5, 0.6) is 0 Å². The van der Waals surface area contributed by atoms with E-state index in [0.29, 0.717) is 21.6 Å². The lowest BCUT2D eigenvalue weighted by Gasteiger charge is -2.33. The molecule has 0 N–H and O–H groups in total. The molecule has 0 amide bonds. The van der Waals surface area contributed by atoms with E-state index in [1.165, 1.54) is 0 Å². The lowest BCUT2D eigenvalue weighted by Crippen LogP contribution is -2.48. The average molecular weight is 388 g/mol. The van der Waals surface area contributed by atoms with Crippen molar-refractivity contribution in [3.05, 3.63) is 16.0 Å². The van der Waals surface area contributed by atoms with Gasteiger partial charge >= 0.3 is 0 Å². The van der Waals surface area contributed by atoms with E-state index in [1.54, 1.807) is 10.4 Å². The lowest BCUT2D eigenvalue weighted by molar-refractivity contribution is 0.198. The summed E-state index contributed by atoms with van der Waals surface area (Å²) in [6.45, 7) is 5.43. The number of thiophene rings is 1. The Morgan fingerprint density at radius 2 is 2.00 bits per heavy atom. The Bertz CT molecular complexity index is 519. The molecule has 1 fully saturated rings. The van der Waals surface area contributed by atoms with Crippen LogP contribution in [0, 0.1) is 6.92 Å². The summed E-state index contributed by atoms with van der Waals surface area (Å²) in [5.74, 6) is 0. The van der Waals surface area contributed by atoms with Crippen LogP contribution < -0.4 is 0 Å². The van der Waals surface area contributed by atoms with Crippen LogP contribution in [0.4, 0.5) is 0 Å². The standard InChI is InChI=1S/C11H16BrClN2O2S2/c1-9-8-10(18-11(9)13)19(16,17)15-6-4-14(3-2-12)5-7-15/h8H,2-7H2,1H3. The zero-order valence-corrected chi connectivity index (χ0v) is 14.6. The van der Waals surface area contributed by atoms with Crippen LogP contribution in [0.25, 0.3) is 0 Å². The summed E-state index contributed by atoms with van der Waals surface area (Å²) in [6.07, 6.45) is 0. The maximum atomic E-state index is 12.5. The van der Waals surface area contributed by atoms with Crippen molar-refractivity contribution < 1.29 is 8.42 Å². The zero-order chi connectivity index (χ0) is 14.0. The molecule has 19 heavy (non-hydrogen) atoms. The molecule has 1 saturated heterocycles. The predicted molar refractivity (Wildman–Crippen MR) is 83.1 cm³/mol. The molecule has 1 aromatic rings. The fourth-order valence-electron chi connectivity index (χ4n) is 2.00. The van der Waals surface area contributed by atoms with Gasteiger partial charge in [-0.3, -0.25) is 4.90 Å². The van der Waals surface area contributed by atoms with E-state index in [2.05, 4.69) is 20.8 Å². The molecule has 0 aliphatic carbocycles. The highest BCUT2D eigenvalue weighted by Gasteiger charge is 2.29. The van der Waals surface area contributed by atoms with Gasteiger partial charge in [-0.1, -0.05) is 27.5 Å². The molecular formula is C11H16BrClN2O2S2. The molecule has 8 heteroatoms. The highest BCUT2D eigenvalue weighted by atomic mass is 79.9. The van der Waals surface area contributed by atoms with Crippen molar-refractivity contribution in [3.63, 3.8) is 0 Å². The summed E-state index contributed by atoms with van der Waals surface area (Å²) >= 11 is 10.5. The monoisotopic (exact) mass is 386 g/mol. The SMILES string of the molecule is Cc1cc(S(=O)(=O)N2CCN(CCBr)CC2)sc1Cl. The Morgan fingerprint density at radius 1 is 1.37 bits per heavy atom. The summed E-state index contributed by atoms with van der Waals surface area (Å²) in [6, 6.07) is 1.66. The third-order valence-corrected chi connectivity index (χ3v) is 7.42. The minimum atomic E-state index is -3.37. The molecule has 0 radical (unpaired) electrons. The van der Waals surface area contributed by atoms with E-state index >= 15 is 0 Å². The van der Waals surface area contributed by atoms with E-state index < -0.39 is 10.0 Å². The minimum Gasteiger partial charge on any atom is -0.300 e. The molecule has 0 spiro atoms. The second-order valence-electron chi connectivity index (χ2n) is 4.46. The first-order valence-electron chi connectivity index (χ1n) is 5.99. The number of hydrogen-bond acceptors (Lipinski definition) is 4. The molecule has 0 bridgehead atoms. The predicted octanol–water partition coefficient (Wildman–Crippen LogP) is 2.41. The topological polar surface area (TPSA) is 40.6 Å². The molecule has 2 rings (SSSR count). The maximum Gasteiger partial charge on any atom is 0.252 e. The van der Waals surface area contributed by atoms with E-state index in [4.69, 9.17) is 11.6 Å². The second-order valence-corrected chi connectivity index (χ2v) is 9.07. The number of nitrogens with zero attached hydrogens (tertiary/aromatic N) is 2. The number of hydrogen-bond donors (Lipinski definition) is 0. The number of sulfonamides is 1. The van der Waals surface area contributed by atoms with E-state index in [0.717, 1.165) is 41.9 Å². The third-order valence-electron chi connectivity index (χ3n) is 3.16. The summed E-state index contributed by atoms with van der Waals surface area (Å²) in [4.78, 5) is 2.26. The molecule has 0 aromatic carbocycles. The number of halogens is 2. The van der Waals surface area contributed by atoms with Crippen LogP contribution in [0.2, 0.25) is 4.34 Å². The van der Waals surface area contributed by atoms with Crippen LogP contribution >= 0.6 is 38.9 Å². The van der Waals surface area contributed by atoms with Gasteiger partial charge in [0.1, 0.15) is 4.21 Å². The number of alkyl halides is 1. The fourth-order valence-corrected chi connectivity index (χ4v) is 5.79. The number of aryl methyl sites for hydroxylation is 1. The smallest absolute Gasteiger partial charge is 0.252 e. The van der Waals surface area contributed by atoms with Crippen LogP contribution in [-0.4, -0.2) is 55.7 Å². The highest BCUT2D eigenvalue weighted by Crippen LogP contribution is 2.32. The zero-order valence-electron chi connectivity index (χ0n) is 10.6. The molecule has 1 aliphatic rings. The largest absolute Gasteiger partial charge is 0.300 e. The second kappa shape index (κ2) is 6.41. The Kier molecular flexibility index (Phi) is 5.30. The van der Waals surface area contributed by atoms with Crippen molar-refractivity contribution in [1.82, 2.24) is 9.21 Å². The lowest BCUT2D eigenvalue weighted by atomic mass is 10.4. The normalized spacial score (nSPS) is 18.9.